The van der Waals surface area contributed by atoms with Gasteiger partial charge in [0.15, 0.2) is 5.65 Å². The fourth-order valence-electron chi connectivity index (χ4n) is 2.31. The van der Waals surface area contributed by atoms with Crippen LogP contribution in [0.4, 0.5) is 5.82 Å². The molecule has 0 aliphatic carbocycles. The first kappa shape index (κ1) is 14.6. The summed E-state index contributed by atoms with van der Waals surface area (Å²) in [7, 11) is 9.95. The molecule has 3 rings (SSSR count). The standard InChI is InChI=1S/C16H18BN5/c1-22(2)7-6-18-14-10-20-16-15(21-14)13(9-19-16)11-4-3-5-12(17)8-11/h3-5,8-10H,6-7H2,1-2H3,(H,18,21)(H,19,20). The number of rotatable bonds is 5. The first-order valence-electron chi connectivity index (χ1n) is 7.22. The third-order valence-corrected chi connectivity index (χ3v) is 3.44. The number of anilines is 1. The van der Waals surface area contributed by atoms with E-state index in [9.17, 15) is 0 Å². The number of aromatic nitrogens is 3. The number of likely N-dealkylation sites (N-methyl/N-ethyl adjacent to an activating group) is 1. The van der Waals surface area contributed by atoms with Crippen molar-refractivity contribution in [2.75, 3.05) is 32.5 Å². The number of nitrogens with one attached hydrogen (secondary N) is 2. The average Bonchev–Trinajstić information content (AvgIpc) is 2.90. The van der Waals surface area contributed by atoms with Crippen LogP contribution in [0.15, 0.2) is 36.7 Å². The molecule has 0 aliphatic rings. The summed E-state index contributed by atoms with van der Waals surface area (Å²) in [5, 5.41) is 3.29. The van der Waals surface area contributed by atoms with Crippen molar-refractivity contribution < 1.29 is 0 Å². The maximum Gasteiger partial charge on any atom is 0.156 e. The quantitative estimate of drug-likeness (QED) is 0.698. The highest BCUT2D eigenvalue weighted by atomic mass is 15.1. The van der Waals surface area contributed by atoms with Gasteiger partial charge in [0.1, 0.15) is 19.2 Å². The summed E-state index contributed by atoms with van der Waals surface area (Å²) in [6.45, 7) is 1.76. The van der Waals surface area contributed by atoms with E-state index >= 15 is 0 Å². The highest BCUT2D eigenvalue weighted by molar-refractivity contribution is 6.32. The molecule has 0 saturated heterocycles. The van der Waals surface area contributed by atoms with Crippen LogP contribution >= 0.6 is 0 Å². The van der Waals surface area contributed by atoms with Gasteiger partial charge in [0.25, 0.3) is 0 Å². The van der Waals surface area contributed by atoms with Crippen molar-refractivity contribution in [2.24, 2.45) is 0 Å². The Hall–Kier alpha value is -2.34. The van der Waals surface area contributed by atoms with Crippen molar-refractivity contribution in [3.05, 3.63) is 36.7 Å². The Morgan fingerprint density at radius 2 is 2.18 bits per heavy atom. The van der Waals surface area contributed by atoms with E-state index in [1.165, 1.54) is 0 Å². The third-order valence-electron chi connectivity index (χ3n) is 3.44. The zero-order valence-electron chi connectivity index (χ0n) is 12.8. The van der Waals surface area contributed by atoms with Gasteiger partial charge in [-0.15, -0.1) is 0 Å². The third kappa shape index (κ3) is 3.12. The molecule has 0 unspecified atom stereocenters. The fourth-order valence-corrected chi connectivity index (χ4v) is 2.31. The summed E-state index contributed by atoms with van der Waals surface area (Å²) in [4.78, 5) is 14.4. The number of hydrogen-bond donors (Lipinski definition) is 2. The molecule has 5 nitrogen and oxygen atoms in total. The highest BCUT2D eigenvalue weighted by Gasteiger charge is 2.09. The van der Waals surface area contributed by atoms with Gasteiger partial charge in [-0.3, -0.25) is 0 Å². The van der Waals surface area contributed by atoms with Crippen molar-refractivity contribution in [2.45, 2.75) is 0 Å². The van der Waals surface area contributed by atoms with Crippen LogP contribution in [0.5, 0.6) is 0 Å². The van der Waals surface area contributed by atoms with Crippen LogP contribution in [-0.2, 0) is 0 Å². The molecule has 0 bridgehead atoms. The second kappa shape index (κ2) is 6.19. The molecule has 22 heavy (non-hydrogen) atoms. The van der Waals surface area contributed by atoms with Gasteiger partial charge in [-0.25, -0.2) is 9.97 Å². The van der Waals surface area contributed by atoms with E-state index in [1.807, 2.05) is 44.6 Å². The molecule has 2 heterocycles. The van der Waals surface area contributed by atoms with Gasteiger partial charge in [-0.1, -0.05) is 29.7 Å². The minimum Gasteiger partial charge on any atom is -0.367 e. The van der Waals surface area contributed by atoms with Crippen LogP contribution in [0.1, 0.15) is 0 Å². The summed E-state index contributed by atoms with van der Waals surface area (Å²) in [6, 6.07) is 7.78. The molecule has 0 amide bonds. The Morgan fingerprint density at radius 3 is 2.95 bits per heavy atom. The molecule has 2 radical (unpaired) electrons. The predicted octanol–water partition coefficient (Wildman–Crippen LogP) is 1.39. The van der Waals surface area contributed by atoms with Crippen molar-refractivity contribution in [1.82, 2.24) is 19.9 Å². The minimum absolute atomic E-state index is 0.736. The first-order valence-corrected chi connectivity index (χ1v) is 7.22. The number of H-pyrrole nitrogens is 1. The lowest BCUT2D eigenvalue weighted by Crippen LogP contribution is -2.21. The molecule has 0 fully saturated rings. The summed E-state index contributed by atoms with van der Waals surface area (Å²) >= 11 is 0. The van der Waals surface area contributed by atoms with E-state index in [4.69, 9.17) is 7.85 Å². The van der Waals surface area contributed by atoms with Crippen molar-refractivity contribution in [1.29, 1.82) is 0 Å². The van der Waals surface area contributed by atoms with E-state index in [0.717, 1.165) is 46.7 Å². The number of fused-ring (bicyclic) bond motifs is 1. The van der Waals surface area contributed by atoms with Gasteiger partial charge in [-0.05, 0) is 19.7 Å². The summed E-state index contributed by atoms with van der Waals surface area (Å²) in [5.41, 5.74) is 4.40. The number of aromatic amines is 1. The smallest absolute Gasteiger partial charge is 0.156 e. The Morgan fingerprint density at radius 1 is 1.32 bits per heavy atom. The van der Waals surface area contributed by atoms with Crippen molar-refractivity contribution in [3.63, 3.8) is 0 Å². The molecule has 2 N–H and O–H groups in total. The molecule has 0 spiro atoms. The topological polar surface area (TPSA) is 56.8 Å². The monoisotopic (exact) mass is 291 g/mol. The van der Waals surface area contributed by atoms with E-state index in [-0.39, 0.29) is 0 Å². The molecule has 0 aliphatic heterocycles. The lowest BCUT2D eigenvalue weighted by molar-refractivity contribution is 0.425. The van der Waals surface area contributed by atoms with Crippen LogP contribution in [-0.4, -0.2) is 54.9 Å². The number of benzene rings is 1. The summed E-state index contributed by atoms with van der Waals surface area (Å²) < 4.78 is 0. The molecule has 3 aromatic rings. The van der Waals surface area contributed by atoms with Gasteiger partial charge in [0, 0.05) is 24.8 Å². The Kier molecular flexibility index (Phi) is 4.11. The van der Waals surface area contributed by atoms with Gasteiger partial charge < -0.3 is 15.2 Å². The van der Waals surface area contributed by atoms with Crippen LogP contribution in [0.3, 0.4) is 0 Å². The average molecular weight is 291 g/mol. The Labute approximate surface area is 131 Å². The number of hydrogen-bond acceptors (Lipinski definition) is 4. The van der Waals surface area contributed by atoms with E-state index in [0.29, 0.717) is 0 Å². The van der Waals surface area contributed by atoms with E-state index in [2.05, 4.69) is 25.2 Å². The Balaban J connectivity index is 1.92. The van der Waals surface area contributed by atoms with Gasteiger partial charge >= 0.3 is 0 Å². The van der Waals surface area contributed by atoms with Crippen LogP contribution < -0.4 is 10.8 Å². The molecule has 2 aromatic heterocycles. The molecule has 0 saturated carbocycles. The summed E-state index contributed by atoms with van der Waals surface area (Å²) in [6.07, 6.45) is 3.67. The van der Waals surface area contributed by atoms with Crippen LogP contribution in [0.25, 0.3) is 22.3 Å². The SMILES string of the molecule is [B]c1cccc(-c2c[nH]c3ncc(NCCN(C)C)nc23)c1. The molecule has 1 aromatic carbocycles. The zero-order valence-corrected chi connectivity index (χ0v) is 12.8. The van der Waals surface area contributed by atoms with E-state index < -0.39 is 0 Å². The second-order valence-corrected chi connectivity index (χ2v) is 5.51. The van der Waals surface area contributed by atoms with Crippen LogP contribution in [0, 0.1) is 0 Å². The normalized spacial score (nSPS) is 11.2. The largest absolute Gasteiger partial charge is 0.367 e. The van der Waals surface area contributed by atoms with Crippen molar-refractivity contribution in [3.8, 4) is 11.1 Å². The molecular weight excluding hydrogens is 273 g/mol. The van der Waals surface area contributed by atoms with Crippen molar-refractivity contribution >= 4 is 30.3 Å². The molecule has 110 valence electrons. The maximum absolute atomic E-state index is 5.87. The second-order valence-electron chi connectivity index (χ2n) is 5.51. The maximum atomic E-state index is 5.87. The molecular formula is C16H18BN5. The highest BCUT2D eigenvalue weighted by Crippen LogP contribution is 2.26. The lowest BCUT2D eigenvalue weighted by atomic mass is 9.93. The Bertz CT molecular complexity index is 781. The minimum atomic E-state index is 0.736. The van der Waals surface area contributed by atoms with Crippen LogP contribution in [0.2, 0.25) is 0 Å². The van der Waals surface area contributed by atoms with Gasteiger partial charge in [0.05, 0.1) is 6.20 Å². The van der Waals surface area contributed by atoms with E-state index in [1.54, 1.807) is 6.20 Å². The first-order chi connectivity index (χ1) is 10.6. The van der Waals surface area contributed by atoms with Gasteiger partial charge in [0.2, 0.25) is 0 Å². The lowest BCUT2D eigenvalue weighted by Gasteiger charge is -2.10. The van der Waals surface area contributed by atoms with Gasteiger partial charge in [-0.2, -0.15) is 0 Å². The molecule has 0 atom stereocenters. The predicted molar refractivity (Wildman–Crippen MR) is 91.8 cm³/mol. The number of nitrogens with zero attached hydrogens (tertiary/aromatic N) is 3. The fraction of sp³-hybridized carbons (Fsp3) is 0.250. The summed E-state index contributed by atoms with van der Waals surface area (Å²) in [5.74, 6) is 0.777. The zero-order chi connectivity index (χ0) is 15.5. The molecule has 6 heteroatoms.